The third-order valence-corrected chi connectivity index (χ3v) is 11.7. The number of rotatable bonds is 3. The fourth-order valence-corrected chi connectivity index (χ4v) is 8.60. The summed E-state index contributed by atoms with van der Waals surface area (Å²) in [5, 5.41) is 23.1. The van der Waals surface area contributed by atoms with Gasteiger partial charge < -0.3 is 45.5 Å². The van der Waals surface area contributed by atoms with Gasteiger partial charge >= 0.3 is 15.0 Å². The van der Waals surface area contributed by atoms with Crippen LogP contribution >= 0.6 is 27.2 Å². The van der Waals surface area contributed by atoms with Gasteiger partial charge in [0.05, 0.1) is 36.9 Å². The van der Waals surface area contributed by atoms with Crippen LogP contribution in [-0.2, 0) is 43.1 Å². The molecule has 0 aliphatic carbocycles. The number of nitrogen functional groups attached to an aromatic ring is 2. The van der Waals surface area contributed by atoms with Crippen LogP contribution in [0.3, 0.4) is 0 Å². The van der Waals surface area contributed by atoms with E-state index in [0.717, 1.165) is 0 Å². The van der Waals surface area contributed by atoms with E-state index in [-0.39, 0.29) is 24.1 Å². The van der Waals surface area contributed by atoms with Gasteiger partial charge in [0.1, 0.15) is 60.7 Å². The molecule has 20 nitrogen and oxygen atoms in total. The van der Waals surface area contributed by atoms with Crippen molar-refractivity contribution in [2.75, 3.05) is 43.2 Å². The number of hydrogen-bond acceptors (Lipinski definition) is 18. The maximum absolute atomic E-state index is 13.2. The summed E-state index contributed by atoms with van der Waals surface area (Å²) in [5.41, 5.74) is 12.0. The highest BCUT2D eigenvalue weighted by Gasteiger charge is 2.59. The van der Waals surface area contributed by atoms with Crippen LogP contribution < -0.4 is 21.9 Å². The molecule has 3 aromatic heterocycles. The molecule has 0 aromatic carbocycles. The summed E-state index contributed by atoms with van der Waals surface area (Å²) in [4.78, 5) is 39.7. The van der Waals surface area contributed by atoms with Gasteiger partial charge in [0.25, 0.3) is 5.56 Å². The van der Waals surface area contributed by atoms with Crippen molar-refractivity contribution in [2.24, 2.45) is 0 Å². The highest BCUT2D eigenvalue weighted by atomic mass is 32.7. The zero-order chi connectivity index (χ0) is 32.5. The first-order valence-electron chi connectivity index (χ1n) is 13.9. The highest BCUT2D eigenvalue weighted by Crippen LogP contribution is 2.68. The fourth-order valence-electron chi connectivity index (χ4n) is 5.98. The van der Waals surface area contributed by atoms with Gasteiger partial charge in [0.2, 0.25) is 5.95 Å². The molecule has 3 fully saturated rings. The number of nitrogens with two attached hydrogens (primary N) is 2. The van der Waals surface area contributed by atoms with Crippen LogP contribution in [0.2, 0.25) is 0 Å². The number of hydrogen-bond donors (Lipinski definition) is 7. The van der Waals surface area contributed by atoms with Crippen molar-refractivity contribution >= 4 is 55.8 Å². The first-order chi connectivity index (χ1) is 21.9. The maximum Gasteiger partial charge on any atom is 0.478 e. The Morgan fingerprint density at radius 2 is 1.93 bits per heavy atom. The zero-order valence-electron chi connectivity index (χ0n) is 23.9. The second-order valence-electron chi connectivity index (χ2n) is 10.9. The number of ether oxygens (including phenoxy) is 2. The lowest BCUT2D eigenvalue weighted by Gasteiger charge is -2.30. The summed E-state index contributed by atoms with van der Waals surface area (Å²) in [6, 6.07) is 1.63. The minimum absolute atomic E-state index is 0.126. The molecule has 7 heterocycles. The summed E-state index contributed by atoms with van der Waals surface area (Å²) in [5.74, 6) is 0.298. The quantitative estimate of drug-likeness (QED) is 0.130. The van der Waals surface area contributed by atoms with E-state index in [9.17, 15) is 24.5 Å². The van der Waals surface area contributed by atoms with Gasteiger partial charge in [-0.3, -0.25) is 18.8 Å². The molecule has 2 bridgehead atoms. The molecule has 3 saturated heterocycles. The summed E-state index contributed by atoms with van der Waals surface area (Å²) in [7, 11) is -7.28. The predicted molar refractivity (Wildman–Crippen MR) is 161 cm³/mol. The van der Waals surface area contributed by atoms with Crippen molar-refractivity contribution in [1.29, 1.82) is 0 Å². The van der Waals surface area contributed by atoms with Crippen LogP contribution in [-0.4, -0.2) is 109 Å². The highest BCUT2D eigenvalue weighted by molar-refractivity contribution is 8.47. The van der Waals surface area contributed by atoms with E-state index in [2.05, 4.69) is 32.2 Å². The second kappa shape index (κ2) is 11.9. The lowest BCUT2D eigenvalue weighted by atomic mass is 10.1. The number of nitrogens with one attached hydrogen (secondary N) is 1. The number of thiol groups is 1. The molecular weight excluding hydrogens is 674 g/mol. The van der Waals surface area contributed by atoms with Crippen molar-refractivity contribution in [1.82, 2.24) is 24.5 Å². The standard InChI is InChI=1S/C23H30N8O12P2S/c1-37-45(46)39-7-12-15(14(33)21(41-12)30-4-2-9-17(24)26-8-27-18(9)30)42-44(35,36)38-6-11-13(32)16(43-45)22(40-11)31-5-3-10-19(31)28-23(25)29-20(10)34/h2,4,8,11-16,21-22,32-33,46H,3,5-7H2,1H3,(H5-,24,25,26,27,28,29,34,35,36)/p+1. The summed E-state index contributed by atoms with van der Waals surface area (Å²) < 4.78 is 55.3. The molecule has 4 aliphatic heterocycles. The van der Waals surface area contributed by atoms with Crippen LogP contribution in [0.15, 0.2) is 23.4 Å². The lowest BCUT2D eigenvalue weighted by Crippen LogP contribution is -2.45. The second-order valence-corrected chi connectivity index (χ2v) is 15.5. The van der Waals surface area contributed by atoms with Crippen LogP contribution in [0.4, 0.5) is 17.6 Å². The first-order valence-corrected chi connectivity index (χ1v) is 18.1. The number of nitrogens with zero attached hydrogens (tertiary/aromatic N) is 5. The van der Waals surface area contributed by atoms with E-state index >= 15 is 0 Å². The Bertz CT molecular complexity index is 1750. The van der Waals surface area contributed by atoms with E-state index in [1.165, 1.54) is 18.0 Å². The molecule has 46 heavy (non-hydrogen) atoms. The minimum Gasteiger partial charge on any atom is -0.387 e. The van der Waals surface area contributed by atoms with Gasteiger partial charge in [-0.1, -0.05) is 0 Å². The van der Waals surface area contributed by atoms with E-state index in [1.54, 1.807) is 17.2 Å². The first kappa shape index (κ1) is 32.1. The molecule has 0 saturated carbocycles. The monoisotopic (exact) mass is 705 g/mol. The Hall–Kier alpha value is -2.49. The molecule has 0 radical (unpaired) electrons. The molecule has 0 amide bonds. The van der Waals surface area contributed by atoms with Crippen molar-refractivity contribution in [2.45, 2.75) is 55.5 Å². The normalized spacial score (nSPS) is 38.2. The van der Waals surface area contributed by atoms with Gasteiger partial charge in [0.15, 0.2) is 18.6 Å². The fraction of sp³-hybridized carbons (Fsp3) is 0.565. The number of anilines is 3. The van der Waals surface area contributed by atoms with Crippen LogP contribution in [0.25, 0.3) is 11.0 Å². The van der Waals surface area contributed by atoms with Crippen LogP contribution in [0, 0.1) is 0 Å². The average molecular weight is 706 g/mol. The molecule has 8 N–H and O–H groups in total. The largest absolute Gasteiger partial charge is 0.478 e. The van der Waals surface area contributed by atoms with E-state index in [1.807, 2.05) is 0 Å². The van der Waals surface area contributed by atoms with Crippen LogP contribution in [0.1, 0.15) is 11.8 Å². The Kier molecular flexibility index (Phi) is 8.29. The Morgan fingerprint density at radius 3 is 2.72 bits per heavy atom. The van der Waals surface area contributed by atoms with Crippen molar-refractivity contribution < 1.29 is 51.8 Å². The van der Waals surface area contributed by atoms with Gasteiger partial charge in [-0.2, -0.15) is 18.6 Å². The average Bonchev–Trinajstić information content (AvgIpc) is 3.77. The number of phosphoric ester groups is 1. The molecule has 4 aliphatic rings. The number of phosphoric acid groups is 1. The van der Waals surface area contributed by atoms with Gasteiger partial charge in [-0.25, -0.2) is 14.5 Å². The number of aromatic nitrogens is 5. The number of aliphatic hydroxyl groups excluding tert-OH is 2. The Labute approximate surface area is 265 Å². The number of fused-ring (bicyclic) bond motifs is 5. The topological polar surface area (TPSA) is 274 Å². The van der Waals surface area contributed by atoms with Crippen molar-refractivity contribution in [3.8, 4) is 0 Å². The van der Waals surface area contributed by atoms with Crippen LogP contribution in [0.5, 0.6) is 0 Å². The Balaban J connectivity index is 1.20. The van der Waals surface area contributed by atoms with Crippen molar-refractivity contribution in [3.63, 3.8) is 0 Å². The molecule has 10 unspecified atom stereocenters. The third-order valence-electron chi connectivity index (χ3n) is 8.17. The zero-order valence-corrected chi connectivity index (χ0v) is 26.6. The molecule has 10 atom stereocenters. The van der Waals surface area contributed by atoms with E-state index in [4.69, 9.17) is 43.6 Å². The van der Waals surface area contributed by atoms with Gasteiger partial charge in [-0.15, -0.1) is 0 Å². The minimum atomic E-state index is -4.94. The van der Waals surface area contributed by atoms with E-state index < -0.39 is 82.8 Å². The maximum atomic E-state index is 13.2. The number of aliphatic hydroxyl groups is 2. The van der Waals surface area contributed by atoms with Gasteiger partial charge in [-0.05, 0) is 12.5 Å². The summed E-state index contributed by atoms with van der Waals surface area (Å²) >= 11 is 4.55. The molecule has 3 aromatic rings. The van der Waals surface area contributed by atoms with E-state index in [0.29, 0.717) is 23.0 Å². The molecule has 7 rings (SSSR count). The SMILES string of the molecule is CO[P+]1(S)OCC2OC(n3ccc4c(N)ncnc43)C(O)C2OP(=O)(O)OCC2OC(N3CCc4c3nc(N)[nH]c4=O)C(O1)C2O. The summed E-state index contributed by atoms with van der Waals surface area (Å²) in [6.45, 7) is -0.814. The number of aromatic amines is 1. The summed E-state index contributed by atoms with van der Waals surface area (Å²) in [6.07, 6.45) is -7.33. The van der Waals surface area contributed by atoms with Gasteiger partial charge in [0, 0.05) is 12.7 Å². The molecule has 23 heteroatoms. The molecule has 0 spiro atoms. The lowest BCUT2D eigenvalue weighted by molar-refractivity contribution is -0.0540. The predicted octanol–water partition coefficient (Wildman–Crippen LogP) is -0.743. The van der Waals surface area contributed by atoms with Crippen molar-refractivity contribution in [3.05, 3.63) is 34.5 Å². The molecule has 250 valence electrons. The third kappa shape index (κ3) is 5.58. The number of H-pyrrole nitrogens is 1. The smallest absolute Gasteiger partial charge is 0.387 e. The Morgan fingerprint density at radius 1 is 1.15 bits per heavy atom. The molecular formula is C23H31N8O12P2S+.